The highest BCUT2D eigenvalue weighted by Crippen LogP contribution is 2.34. The van der Waals surface area contributed by atoms with Crippen LogP contribution in [0, 0.1) is 20.8 Å². The number of benzene rings is 1. The normalized spacial score (nSPS) is 12.3. The van der Waals surface area contributed by atoms with Crippen molar-refractivity contribution in [3.8, 4) is 0 Å². The van der Waals surface area contributed by atoms with Gasteiger partial charge in [-0.15, -0.1) is 3.89 Å². The molecule has 1 rings (SSSR count). The molecule has 0 radical (unpaired) electrons. The number of nitrogen functional groups attached to an aromatic ring is 1. The molecule has 0 aliphatic rings. The number of rotatable bonds is 2. The maximum absolute atomic E-state index is 13.5. The van der Waals surface area contributed by atoms with Crippen LogP contribution in [0.15, 0.2) is 4.90 Å². The Hall–Kier alpha value is -1.63. The summed E-state index contributed by atoms with van der Waals surface area (Å²) >= 11 is 0. The van der Waals surface area contributed by atoms with Crippen LogP contribution in [-0.4, -0.2) is 20.0 Å². The second-order valence-corrected chi connectivity index (χ2v) is 7.22. The summed E-state index contributed by atoms with van der Waals surface area (Å²) in [5.41, 5.74) is 5.60. The first-order valence-corrected chi connectivity index (χ1v) is 7.73. The molecular weight excluding hydrogens is 297 g/mol. The highest BCUT2D eigenvalue weighted by Gasteiger charge is 2.29. The predicted octanol–water partition coefficient (Wildman–Crippen LogP) is 2.81. The molecular formula is C14H20FNO4S. The standard InChI is InChI=1S/C14H20FNO4S/c1-7-10(13(17)20-14(4,5)6)8(2)12(21(15,18)19)9(3)11(7)16/h16H2,1-6H3. The summed E-state index contributed by atoms with van der Waals surface area (Å²) in [6, 6.07) is 0. The summed E-state index contributed by atoms with van der Waals surface area (Å²) in [5, 5.41) is 0. The molecule has 2 N–H and O–H groups in total. The smallest absolute Gasteiger partial charge is 0.339 e. The third-order valence-electron chi connectivity index (χ3n) is 3.09. The van der Waals surface area contributed by atoms with E-state index in [0.717, 1.165) is 0 Å². The number of esters is 1. The molecule has 0 saturated carbocycles. The number of halogens is 1. The van der Waals surface area contributed by atoms with Gasteiger partial charge in [-0.1, -0.05) is 0 Å². The lowest BCUT2D eigenvalue weighted by Crippen LogP contribution is -2.25. The molecule has 0 aromatic heterocycles. The van der Waals surface area contributed by atoms with Crippen molar-refractivity contribution in [2.75, 3.05) is 5.73 Å². The van der Waals surface area contributed by atoms with Crippen molar-refractivity contribution in [1.29, 1.82) is 0 Å². The average Bonchev–Trinajstić information content (AvgIpc) is 2.21. The lowest BCUT2D eigenvalue weighted by molar-refractivity contribution is 0.00677. The van der Waals surface area contributed by atoms with E-state index in [4.69, 9.17) is 10.5 Å². The SMILES string of the molecule is Cc1c(N)c(C)c(S(=O)(=O)F)c(C)c1C(=O)OC(C)(C)C. The molecule has 1 aromatic carbocycles. The van der Waals surface area contributed by atoms with Crippen molar-refractivity contribution in [2.24, 2.45) is 0 Å². The Bertz CT molecular complexity index is 703. The largest absolute Gasteiger partial charge is 0.456 e. The van der Waals surface area contributed by atoms with E-state index in [1.165, 1.54) is 13.8 Å². The van der Waals surface area contributed by atoms with E-state index in [0.29, 0.717) is 5.56 Å². The minimum absolute atomic E-state index is 0.00995. The molecule has 0 aliphatic carbocycles. The van der Waals surface area contributed by atoms with Crippen molar-refractivity contribution in [2.45, 2.75) is 52.0 Å². The maximum Gasteiger partial charge on any atom is 0.339 e. The van der Waals surface area contributed by atoms with Gasteiger partial charge in [-0.2, -0.15) is 8.42 Å². The molecule has 0 heterocycles. The molecule has 0 saturated heterocycles. The van der Waals surface area contributed by atoms with Crippen molar-refractivity contribution in [1.82, 2.24) is 0 Å². The lowest BCUT2D eigenvalue weighted by atomic mass is 9.97. The summed E-state index contributed by atoms with van der Waals surface area (Å²) in [5.74, 6) is -0.728. The van der Waals surface area contributed by atoms with Crippen molar-refractivity contribution >= 4 is 21.9 Å². The Labute approximate surface area is 124 Å². The maximum atomic E-state index is 13.5. The summed E-state index contributed by atoms with van der Waals surface area (Å²) in [6.07, 6.45) is 0. The van der Waals surface area contributed by atoms with E-state index >= 15 is 0 Å². The molecule has 0 atom stereocenters. The number of hydrogen-bond acceptors (Lipinski definition) is 5. The monoisotopic (exact) mass is 317 g/mol. The van der Waals surface area contributed by atoms with Crippen LogP contribution >= 0.6 is 0 Å². The first-order chi connectivity index (χ1) is 9.27. The van der Waals surface area contributed by atoms with Crippen LogP contribution in [0.4, 0.5) is 9.57 Å². The van der Waals surface area contributed by atoms with E-state index in [-0.39, 0.29) is 22.4 Å². The minimum Gasteiger partial charge on any atom is -0.456 e. The molecule has 0 fully saturated rings. The fourth-order valence-electron chi connectivity index (χ4n) is 2.22. The Morgan fingerprint density at radius 1 is 1.10 bits per heavy atom. The molecule has 21 heavy (non-hydrogen) atoms. The third-order valence-corrected chi connectivity index (χ3v) is 4.19. The number of anilines is 1. The van der Waals surface area contributed by atoms with Crippen LogP contribution in [-0.2, 0) is 15.0 Å². The van der Waals surface area contributed by atoms with Gasteiger partial charge in [0.2, 0.25) is 0 Å². The van der Waals surface area contributed by atoms with Crippen molar-refractivity contribution in [3.63, 3.8) is 0 Å². The van der Waals surface area contributed by atoms with Crippen LogP contribution in [0.25, 0.3) is 0 Å². The van der Waals surface area contributed by atoms with Gasteiger partial charge < -0.3 is 10.5 Å². The topological polar surface area (TPSA) is 86.5 Å². The van der Waals surface area contributed by atoms with Gasteiger partial charge in [0, 0.05) is 5.69 Å². The lowest BCUT2D eigenvalue weighted by Gasteiger charge is -2.23. The van der Waals surface area contributed by atoms with Crippen molar-refractivity contribution in [3.05, 3.63) is 22.3 Å². The van der Waals surface area contributed by atoms with E-state index in [9.17, 15) is 17.1 Å². The molecule has 7 heteroatoms. The zero-order valence-electron chi connectivity index (χ0n) is 13.0. The molecule has 0 unspecified atom stereocenters. The van der Waals surface area contributed by atoms with Crippen LogP contribution in [0.3, 0.4) is 0 Å². The van der Waals surface area contributed by atoms with Gasteiger partial charge in [-0.05, 0) is 58.2 Å². The van der Waals surface area contributed by atoms with E-state index in [1.54, 1.807) is 27.7 Å². The third kappa shape index (κ3) is 3.53. The van der Waals surface area contributed by atoms with Crippen LogP contribution in [0.1, 0.15) is 47.8 Å². The van der Waals surface area contributed by atoms with E-state index in [1.807, 2.05) is 0 Å². The molecule has 118 valence electrons. The summed E-state index contributed by atoms with van der Waals surface area (Å²) in [4.78, 5) is 11.7. The van der Waals surface area contributed by atoms with Crippen LogP contribution < -0.4 is 5.73 Å². The number of hydrogen-bond donors (Lipinski definition) is 1. The van der Waals surface area contributed by atoms with Gasteiger partial charge in [-0.25, -0.2) is 4.79 Å². The number of carbonyl (C=O) groups is 1. The van der Waals surface area contributed by atoms with E-state index < -0.39 is 26.7 Å². The quantitative estimate of drug-likeness (QED) is 0.515. The zero-order chi connectivity index (χ0) is 16.7. The molecule has 0 aliphatic heterocycles. The Balaban J connectivity index is 3.69. The van der Waals surface area contributed by atoms with Gasteiger partial charge in [0.1, 0.15) is 10.5 Å². The van der Waals surface area contributed by atoms with Crippen molar-refractivity contribution < 1.29 is 21.8 Å². The summed E-state index contributed by atoms with van der Waals surface area (Å²) < 4.78 is 41.4. The van der Waals surface area contributed by atoms with Crippen LogP contribution in [0.2, 0.25) is 0 Å². The number of ether oxygens (including phenoxy) is 1. The molecule has 0 amide bonds. The fraction of sp³-hybridized carbons (Fsp3) is 0.500. The molecule has 0 spiro atoms. The average molecular weight is 317 g/mol. The molecule has 5 nitrogen and oxygen atoms in total. The highest BCUT2D eigenvalue weighted by molar-refractivity contribution is 7.86. The molecule has 1 aromatic rings. The second-order valence-electron chi connectivity index (χ2n) is 5.93. The minimum atomic E-state index is -4.99. The molecule has 0 bridgehead atoms. The van der Waals surface area contributed by atoms with Crippen LogP contribution in [0.5, 0.6) is 0 Å². The van der Waals surface area contributed by atoms with Gasteiger partial charge in [-0.3, -0.25) is 0 Å². The Kier molecular flexibility index (Phi) is 4.39. The van der Waals surface area contributed by atoms with Gasteiger partial charge in [0.25, 0.3) is 0 Å². The summed E-state index contributed by atoms with van der Waals surface area (Å²) in [6.45, 7) is 9.38. The number of carbonyl (C=O) groups excluding carboxylic acids is 1. The second kappa shape index (κ2) is 5.29. The van der Waals surface area contributed by atoms with E-state index in [2.05, 4.69) is 0 Å². The number of nitrogens with two attached hydrogens (primary N) is 1. The predicted molar refractivity (Wildman–Crippen MR) is 78.5 cm³/mol. The Morgan fingerprint density at radius 3 is 1.95 bits per heavy atom. The van der Waals surface area contributed by atoms with Gasteiger partial charge in [0.05, 0.1) is 5.56 Å². The first kappa shape index (κ1) is 17.4. The Morgan fingerprint density at radius 2 is 1.57 bits per heavy atom. The highest BCUT2D eigenvalue weighted by atomic mass is 32.3. The fourth-order valence-corrected chi connectivity index (χ4v) is 3.16. The van der Waals surface area contributed by atoms with Gasteiger partial charge >= 0.3 is 16.2 Å². The van der Waals surface area contributed by atoms with Gasteiger partial charge in [0.15, 0.2) is 0 Å². The first-order valence-electron chi connectivity index (χ1n) is 6.34. The zero-order valence-corrected chi connectivity index (χ0v) is 13.8. The summed E-state index contributed by atoms with van der Waals surface area (Å²) in [7, 11) is -4.99.